The minimum atomic E-state index is -0.438. The van der Waals surface area contributed by atoms with Gasteiger partial charge in [0.25, 0.3) is 5.91 Å². The van der Waals surface area contributed by atoms with E-state index in [-0.39, 0.29) is 47.8 Å². The summed E-state index contributed by atoms with van der Waals surface area (Å²) in [5.41, 5.74) is 4.32. The third kappa shape index (κ3) is 4.37. The molecule has 0 radical (unpaired) electrons. The first-order valence-corrected chi connectivity index (χ1v) is 15.5. The van der Waals surface area contributed by atoms with Crippen LogP contribution in [0.3, 0.4) is 0 Å². The predicted molar refractivity (Wildman–Crippen MR) is 161 cm³/mol. The van der Waals surface area contributed by atoms with Gasteiger partial charge in [0, 0.05) is 54.9 Å². The van der Waals surface area contributed by atoms with E-state index in [2.05, 4.69) is 28.0 Å². The van der Waals surface area contributed by atoms with Crippen molar-refractivity contribution in [3.8, 4) is 5.69 Å². The molecule has 5 atom stereocenters. The number of piperidine rings is 3. The van der Waals surface area contributed by atoms with Crippen LogP contribution in [0.5, 0.6) is 0 Å². The summed E-state index contributed by atoms with van der Waals surface area (Å²) in [5.74, 6) is 0.150. The first kappa shape index (κ1) is 27.3. The molecule has 220 valence electrons. The van der Waals surface area contributed by atoms with Crippen LogP contribution in [0.15, 0.2) is 55.0 Å². The third-order valence-electron chi connectivity index (χ3n) is 10.6. The molecule has 8 rings (SSSR count). The summed E-state index contributed by atoms with van der Waals surface area (Å²) in [6.07, 6.45) is 12.9. The van der Waals surface area contributed by atoms with E-state index in [0.29, 0.717) is 17.3 Å². The number of nitrogens with one attached hydrogen (secondary N) is 1. The van der Waals surface area contributed by atoms with Crippen molar-refractivity contribution in [2.24, 2.45) is 5.92 Å². The van der Waals surface area contributed by atoms with E-state index in [9.17, 15) is 14.0 Å². The number of benzene rings is 1. The minimum absolute atomic E-state index is 0.0207. The fraction of sp³-hybridized carbons (Fsp3) is 0.500. The molecular formula is C34H40FN5O2. The number of amides is 2. The molecule has 1 aromatic carbocycles. The Hall–Kier alpha value is -3.52. The van der Waals surface area contributed by atoms with Gasteiger partial charge in [-0.1, -0.05) is 12.2 Å². The van der Waals surface area contributed by atoms with Crippen LogP contribution in [0.1, 0.15) is 80.6 Å². The normalized spacial score (nSPS) is 28.6. The molecule has 2 unspecified atom stereocenters. The van der Waals surface area contributed by atoms with Crippen molar-refractivity contribution in [3.63, 3.8) is 0 Å². The maximum atomic E-state index is 14.5. The molecule has 8 heteroatoms. The molecule has 7 nitrogen and oxygen atoms in total. The summed E-state index contributed by atoms with van der Waals surface area (Å²) in [7, 11) is 1.75. The van der Waals surface area contributed by atoms with Crippen molar-refractivity contribution < 1.29 is 14.0 Å². The fourth-order valence-corrected chi connectivity index (χ4v) is 8.20. The lowest BCUT2D eigenvalue weighted by Gasteiger charge is -2.48. The number of hydrogen-bond acceptors (Lipinski definition) is 4. The average Bonchev–Trinajstić information content (AvgIpc) is 3.50. The third-order valence-corrected chi connectivity index (χ3v) is 10.6. The molecule has 1 aliphatic carbocycles. The van der Waals surface area contributed by atoms with Crippen LogP contribution in [0.4, 0.5) is 4.39 Å². The minimum Gasteiger partial charge on any atom is -0.339 e. The van der Waals surface area contributed by atoms with Crippen LogP contribution < -0.4 is 5.32 Å². The zero-order valence-corrected chi connectivity index (χ0v) is 24.7. The monoisotopic (exact) mass is 569 g/mol. The summed E-state index contributed by atoms with van der Waals surface area (Å²) in [4.78, 5) is 35.7. The van der Waals surface area contributed by atoms with Crippen LogP contribution in [-0.2, 0) is 4.79 Å². The number of pyridine rings is 1. The topological polar surface area (TPSA) is 70.5 Å². The lowest BCUT2D eigenvalue weighted by Crippen LogP contribution is -2.62. The van der Waals surface area contributed by atoms with E-state index in [1.165, 1.54) is 23.3 Å². The number of carbonyl (C=O) groups excluding carboxylic acids is 2. The van der Waals surface area contributed by atoms with Gasteiger partial charge in [0.05, 0.1) is 29.0 Å². The molecule has 2 amide bonds. The number of carbonyl (C=O) groups is 2. The van der Waals surface area contributed by atoms with Gasteiger partial charge in [0.2, 0.25) is 5.91 Å². The van der Waals surface area contributed by atoms with Crippen LogP contribution in [0.25, 0.3) is 16.6 Å². The van der Waals surface area contributed by atoms with E-state index in [0.717, 1.165) is 55.8 Å². The van der Waals surface area contributed by atoms with Gasteiger partial charge in [-0.25, -0.2) is 4.39 Å². The molecule has 4 aliphatic heterocycles. The highest BCUT2D eigenvalue weighted by molar-refractivity contribution is 5.99. The van der Waals surface area contributed by atoms with Crippen molar-refractivity contribution in [3.05, 3.63) is 72.0 Å². The van der Waals surface area contributed by atoms with Crippen molar-refractivity contribution in [1.82, 2.24) is 24.7 Å². The summed E-state index contributed by atoms with van der Waals surface area (Å²) in [6.45, 7) is 8.20. The van der Waals surface area contributed by atoms with Crippen LogP contribution in [0, 0.1) is 11.7 Å². The van der Waals surface area contributed by atoms with Crippen LogP contribution in [0.2, 0.25) is 0 Å². The molecule has 42 heavy (non-hydrogen) atoms. The van der Waals surface area contributed by atoms with Gasteiger partial charge in [-0.15, -0.1) is 0 Å². The van der Waals surface area contributed by atoms with Crippen LogP contribution >= 0.6 is 0 Å². The van der Waals surface area contributed by atoms with E-state index in [4.69, 9.17) is 0 Å². The van der Waals surface area contributed by atoms with Gasteiger partial charge in [-0.3, -0.25) is 14.6 Å². The fourth-order valence-electron chi connectivity index (χ4n) is 8.20. The number of hydrogen-bond donors (Lipinski definition) is 1. The second-order valence-corrected chi connectivity index (χ2v) is 13.2. The van der Waals surface area contributed by atoms with E-state index in [1.54, 1.807) is 18.0 Å². The molecule has 1 N–H and O–H groups in total. The number of nitrogens with zero attached hydrogens (tertiary/aromatic N) is 4. The predicted octanol–water partition coefficient (Wildman–Crippen LogP) is 5.58. The highest BCUT2D eigenvalue weighted by Gasteiger charge is 2.49. The van der Waals surface area contributed by atoms with Gasteiger partial charge >= 0.3 is 0 Å². The summed E-state index contributed by atoms with van der Waals surface area (Å²) in [6, 6.07) is 7.16. The maximum absolute atomic E-state index is 14.5. The Bertz CT molecular complexity index is 1570. The Kier molecular flexibility index (Phi) is 6.72. The van der Waals surface area contributed by atoms with E-state index >= 15 is 0 Å². The quantitative estimate of drug-likeness (QED) is 0.408. The lowest BCUT2D eigenvalue weighted by atomic mass is 9.72. The van der Waals surface area contributed by atoms with Gasteiger partial charge in [0.1, 0.15) is 5.82 Å². The second kappa shape index (κ2) is 10.3. The lowest BCUT2D eigenvalue weighted by molar-refractivity contribution is -0.140. The standard InChI is InChI=1S/C34H40FN5O2/c1-19(2)38(4)33(41)28-16-22(35)5-10-30(28)39-18-29(27-11-12-36-17-31(27)39)21-14-24-7-8-25(15-21)40(24)34(42)32-26-9-6-23(37-32)13-20(26)3/h5,10-12,16-19,21,23-26,32,37H,3,6-9,13-15H2,1-2,4H3/t21?,23-,24?,25?,26-,32+/m1/s1. The maximum Gasteiger partial charge on any atom is 0.256 e. The highest BCUT2D eigenvalue weighted by Crippen LogP contribution is 2.47. The second-order valence-electron chi connectivity index (χ2n) is 13.2. The van der Waals surface area contributed by atoms with Crippen molar-refractivity contribution >= 4 is 22.7 Å². The molecule has 5 aliphatic rings. The first-order valence-electron chi connectivity index (χ1n) is 15.5. The Labute approximate surface area is 246 Å². The van der Waals surface area contributed by atoms with Crippen molar-refractivity contribution in [2.75, 3.05) is 7.05 Å². The molecule has 5 fully saturated rings. The Morgan fingerprint density at radius 1 is 1.12 bits per heavy atom. The SMILES string of the molecule is C=C1C[C@H]2CC[C@H]1[C@@H](C(=O)N1C3CCC1CC(c1cn(-c4ccc(F)cc4C(=O)N(C)C(C)C)c4cnccc14)C3)N2. The molecule has 4 bridgehead atoms. The van der Waals surface area contributed by atoms with Crippen LogP contribution in [-0.4, -0.2) is 68.4 Å². The summed E-state index contributed by atoms with van der Waals surface area (Å²) >= 11 is 0. The number of aromatic nitrogens is 2. The first-order chi connectivity index (χ1) is 20.2. The zero-order chi connectivity index (χ0) is 29.3. The molecule has 4 saturated heterocycles. The molecule has 3 aromatic rings. The number of fused-ring (bicyclic) bond motifs is 6. The molecule has 6 heterocycles. The van der Waals surface area contributed by atoms with Gasteiger partial charge in [0.15, 0.2) is 0 Å². The highest BCUT2D eigenvalue weighted by atomic mass is 19.1. The van der Waals surface area contributed by atoms with Gasteiger partial charge in [-0.05, 0) is 94.5 Å². The molecule has 2 aromatic heterocycles. The zero-order valence-electron chi connectivity index (χ0n) is 24.7. The Morgan fingerprint density at radius 2 is 1.88 bits per heavy atom. The van der Waals surface area contributed by atoms with Gasteiger partial charge in [-0.2, -0.15) is 0 Å². The number of rotatable bonds is 5. The summed E-state index contributed by atoms with van der Waals surface area (Å²) < 4.78 is 16.5. The molecule has 1 saturated carbocycles. The van der Waals surface area contributed by atoms with E-state index < -0.39 is 5.82 Å². The summed E-state index contributed by atoms with van der Waals surface area (Å²) in [5, 5.41) is 4.75. The number of halogens is 1. The van der Waals surface area contributed by atoms with E-state index in [1.807, 2.05) is 36.9 Å². The molecular weight excluding hydrogens is 529 g/mol. The molecule has 0 spiro atoms. The smallest absolute Gasteiger partial charge is 0.256 e. The van der Waals surface area contributed by atoms with Crippen molar-refractivity contribution in [1.29, 1.82) is 0 Å². The average molecular weight is 570 g/mol. The Morgan fingerprint density at radius 3 is 2.57 bits per heavy atom. The Balaban J connectivity index is 1.21. The van der Waals surface area contributed by atoms with Gasteiger partial charge < -0.3 is 19.7 Å². The largest absolute Gasteiger partial charge is 0.339 e. The van der Waals surface area contributed by atoms with Crippen molar-refractivity contribution in [2.45, 2.75) is 94.9 Å².